The van der Waals surface area contributed by atoms with E-state index in [-0.39, 0.29) is 0 Å². The summed E-state index contributed by atoms with van der Waals surface area (Å²) in [5, 5.41) is 16.4. The lowest BCUT2D eigenvalue weighted by atomic mass is 10.1. The largest absolute Gasteiger partial charge is 0.497 e. The molecule has 2 aromatic carbocycles. The first kappa shape index (κ1) is 17.7. The zero-order valence-corrected chi connectivity index (χ0v) is 15.9. The summed E-state index contributed by atoms with van der Waals surface area (Å²) in [7, 11) is 1.64. The third kappa shape index (κ3) is 3.70. The monoisotopic (exact) mass is 384 g/mol. The topological polar surface area (TPSA) is 70.8 Å². The van der Waals surface area contributed by atoms with Crippen LogP contribution in [0.4, 0.5) is 5.69 Å². The highest BCUT2D eigenvalue weighted by molar-refractivity contribution is 7.11. The predicted molar refractivity (Wildman–Crippen MR) is 113 cm³/mol. The number of nitriles is 1. The van der Waals surface area contributed by atoms with Crippen molar-refractivity contribution >= 4 is 33.5 Å². The molecular weight excluding hydrogens is 368 g/mol. The molecule has 6 heteroatoms. The number of fused-ring (bicyclic) bond motifs is 1. The number of methoxy groups -OCH3 is 1. The van der Waals surface area contributed by atoms with Crippen molar-refractivity contribution in [2.75, 3.05) is 12.4 Å². The van der Waals surface area contributed by atoms with Gasteiger partial charge in [0.15, 0.2) is 0 Å². The molecule has 1 N–H and O–H groups in total. The molecule has 0 aliphatic rings. The minimum Gasteiger partial charge on any atom is -0.497 e. The number of rotatable bonds is 5. The lowest BCUT2D eigenvalue weighted by Crippen LogP contribution is -1.91. The predicted octanol–water partition coefficient (Wildman–Crippen LogP) is 5.34. The van der Waals surface area contributed by atoms with E-state index >= 15 is 0 Å². The van der Waals surface area contributed by atoms with E-state index in [2.05, 4.69) is 21.4 Å². The molecule has 28 heavy (non-hydrogen) atoms. The van der Waals surface area contributed by atoms with Crippen LogP contribution in [0.5, 0.6) is 5.75 Å². The Hall–Kier alpha value is -3.69. The third-order valence-corrected chi connectivity index (χ3v) is 5.08. The maximum atomic E-state index is 9.57. The molecule has 0 aliphatic carbocycles. The fraction of sp³-hybridized carbons (Fsp3) is 0.0455. The first-order valence-electron chi connectivity index (χ1n) is 8.59. The lowest BCUT2D eigenvalue weighted by Gasteiger charge is -2.03. The van der Waals surface area contributed by atoms with Gasteiger partial charge in [-0.3, -0.25) is 4.98 Å². The van der Waals surface area contributed by atoms with Gasteiger partial charge >= 0.3 is 0 Å². The summed E-state index contributed by atoms with van der Waals surface area (Å²) >= 11 is 1.44. The van der Waals surface area contributed by atoms with Crippen molar-refractivity contribution in [1.82, 2.24) is 9.97 Å². The zero-order chi connectivity index (χ0) is 19.3. The van der Waals surface area contributed by atoms with Gasteiger partial charge in [0.1, 0.15) is 22.4 Å². The van der Waals surface area contributed by atoms with Gasteiger partial charge in [-0.2, -0.15) is 5.26 Å². The minimum atomic E-state index is 0.477. The zero-order valence-electron chi connectivity index (χ0n) is 15.1. The van der Waals surface area contributed by atoms with Gasteiger partial charge < -0.3 is 10.1 Å². The highest BCUT2D eigenvalue weighted by Crippen LogP contribution is 2.28. The van der Waals surface area contributed by atoms with Crippen molar-refractivity contribution < 1.29 is 4.74 Å². The summed E-state index contributed by atoms with van der Waals surface area (Å²) in [4.78, 5) is 8.92. The molecule has 4 rings (SSSR count). The summed E-state index contributed by atoms with van der Waals surface area (Å²) < 4.78 is 5.27. The quantitative estimate of drug-likeness (QED) is 0.470. The first-order valence-corrected chi connectivity index (χ1v) is 9.47. The van der Waals surface area contributed by atoms with Crippen LogP contribution in [0.3, 0.4) is 0 Å². The van der Waals surface area contributed by atoms with Crippen molar-refractivity contribution in [3.63, 3.8) is 0 Å². The number of benzene rings is 2. The van der Waals surface area contributed by atoms with Crippen LogP contribution in [0, 0.1) is 11.3 Å². The summed E-state index contributed by atoms with van der Waals surface area (Å²) in [6.07, 6.45) is 3.46. The Balaban J connectivity index is 1.58. The number of hydrogen-bond acceptors (Lipinski definition) is 6. The van der Waals surface area contributed by atoms with E-state index in [1.807, 2.05) is 60.0 Å². The Morgan fingerprint density at radius 3 is 2.96 bits per heavy atom. The van der Waals surface area contributed by atoms with Crippen molar-refractivity contribution in [3.8, 4) is 23.1 Å². The smallest absolute Gasteiger partial charge is 0.136 e. The van der Waals surface area contributed by atoms with Crippen LogP contribution in [0.1, 0.15) is 5.01 Å². The molecule has 0 spiro atoms. The molecule has 0 unspecified atom stereocenters. The summed E-state index contributed by atoms with van der Waals surface area (Å²) in [6.45, 7) is 0. The van der Waals surface area contributed by atoms with Crippen LogP contribution < -0.4 is 10.1 Å². The fourth-order valence-corrected chi connectivity index (χ4v) is 3.57. The number of nitrogens with zero attached hydrogens (tertiary/aromatic N) is 3. The van der Waals surface area contributed by atoms with Gasteiger partial charge in [0, 0.05) is 34.4 Å². The van der Waals surface area contributed by atoms with Gasteiger partial charge in [0.2, 0.25) is 0 Å². The molecule has 0 radical (unpaired) electrons. The molecule has 0 aliphatic heterocycles. The van der Waals surface area contributed by atoms with Gasteiger partial charge in [0.05, 0.1) is 18.3 Å². The number of nitrogens with one attached hydrogen (secondary N) is 1. The van der Waals surface area contributed by atoms with Gasteiger partial charge in [-0.05, 0) is 36.4 Å². The number of pyridine rings is 1. The van der Waals surface area contributed by atoms with Crippen LogP contribution in [0.2, 0.25) is 0 Å². The summed E-state index contributed by atoms with van der Waals surface area (Å²) in [5.74, 6) is 0.774. The Kier molecular flexibility index (Phi) is 5.00. The average Bonchev–Trinajstić information content (AvgIpc) is 3.24. The summed E-state index contributed by atoms with van der Waals surface area (Å²) in [6, 6.07) is 19.7. The highest BCUT2D eigenvalue weighted by Gasteiger charge is 2.09. The number of aromatic nitrogens is 2. The number of ether oxygens (including phenoxy) is 1. The van der Waals surface area contributed by atoms with Crippen molar-refractivity contribution in [2.45, 2.75) is 0 Å². The average molecular weight is 384 g/mol. The number of thiazole rings is 1. The molecule has 0 bridgehead atoms. The van der Waals surface area contributed by atoms with Gasteiger partial charge in [-0.25, -0.2) is 4.98 Å². The summed E-state index contributed by atoms with van der Waals surface area (Å²) in [5.41, 5.74) is 4.06. The second kappa shape index (κ2) is 7.91. The molecule has 2 aromatic heterocycles. The van der Waals surface area contributed by atoms with E-state index in [1.54, 1.807) is 19.5 Å². The van der Waals surface area contributed by atoms with Gasteiger partial charge in [-0.1, -0.05) is 18.2 Å². The number of allylic oxidation sites excluding steroid dienone is 1. The third-order valence-electron chi connectivity index (χ3n) is 4.21. The highest BCUT2D eigenvalue weighted by atomic mass is 32.1. The molecule has 136 valence electrons. The Morgan fingerprint density at radius 2 is 2.11 bits per heavy atom. The van der Waals surface area contributed by atoms with Crippen LogP contribution in [-0.2, 0) is 0 Å². The van der Waals surface area contributed by atoms with Crippen molar-refractivity contribution in [1.29, 1.82) is 5.26 Å². The Morgan fingerprint density at radius 1 is 1.18 bits per heavy atom. The lowest BCUT2D eigenvalue weighted by molar-refractivity contribution is 0.415. The molecule has 4 aromatic rings. The van der Waals surface area contributed by atoms with E-state index in [4.69, 9.17) is 4.74 Å². The van der Waals surface area contributed by atoms with Gasteiger partial charge in [-0.15, -0.1) is 11.3 Å². The van der Waals surface area contributed by atoms with E-state index in [0.717, 1.165) is 33.6 Å². The van der Waals surface area contributed by atoms with E-state index in [1.165, 1.54) is 11.3 Å². The van der Waals surface area contributed by atoms with E-state index < -0.39 is 0 Å². The maximum absolute atomic E-state index is 9.57. The number of hydrogen-bond donors (Lipinski definition) is 1. The normalized spacial score (nSPS) is 11.2. The first-order chi connectivity index (χ1) is 13.8. The van der Waals surface area contributed by atoms with Crippen LogP contribution in [-0.4, -0.2) is 17.1 Å². The number of anilines is 1. The van der Waals surface area contributed by atoms with Gasteiger partial charge in [0.25, 0.3) is 0 Å². The SMILES string of the molecule is COc1cccc(-c2csc(C(C#N)=CNc3ccc4ncccc4c3)n2)c1. The molecule has 0 fully saturated rings. The van der Waals surface area contributed by atoms with E-state index in [9.17, 15) is 5.26 Å². The molecule has 0 saturated heterocycles. The Bertz CT molecular complexity index is 1210. The van der Waals surface area contributed by atoms with Crippen LogP contribution in [0.15, 0.2) is 72.4 Å². The second-order valence-corrected chi connectivity index (χ2v) is 6.85. The molecule has 2 heterocycles. The molecule has 0 amide bonds. The van der Waals surface area contributed by atoms with E-state index in [0.29, 0.717) is 10.6 Å². The fourth-order valence-electron chi connectivity index (χ4n) is 2.78. The van der Waals surface area contributed by atoms with Crippen molar-refractivity contribution in [2.24, 2.45) is 0 Å². The maximum Gasteiger partial charge on any atom is 0.136 e. The minimum absolute atomic E-state index is 0.477. The Labute approximate surface area is 166 Å². The molecule has 0 saturated carbocycles. The molecule has 5 nitrogen and oxygen atoms in total. The molecule has 0 atom stereocenters. The van der Waals surface area contributed by atoms with Crippen LogP contribution in [0.25, 0.3) is 27.7 Å². The van der Waals surface area contributed by atoms with Crippen molar-refractivity contribution in [3.05, 3.63) is 77.4 Å². The van der Waals surface area contributed by atoms with Crippen LogP contribution >= 0.6 is 11.3 Å². The second-order valence-electron chi connectivity index (χ2n) is 5.99. The standard InChI is InChI=1S/C22H16N4OS/c1-27-19-6-2-4-16(11-19)21-14-28-22(26-21)17(12-23)13-25-18-7-8-20-15(10-18)5-3-9-24-20/h2-11,13-14,25H,1H3. The molecular formula is C22H16N4OS.